The van der Waals surface area contributed by atoms with Crippen LogP contribution >= 0.6 is 0 Å². The minimum absolute atomic E-state index is 0.199. The lowest BCUT2D eigenvalue weighted by Crippen LogP contribution is -2.14. The molecule has 0 radical (unpaired) electrons. The summed E-state index contributed by atoms with van der Waals surface area (Å²) in [5, 5.41) is 8.96. The van der Waals surface area contributed by atoms with E-state index < -0.39 is 11.9 Å². The number of benzene rings is 1. The van der Waals surface area contributed by atoms with Crippen LogP contribution in [-0.2, 0) is 4.79 Å². The van der Waals surface area contributed by atoms with E-state index in [2.05, 4.69) is 13.8 Å². The maximum Gasteiger partial charge on any atom is 0.310 e. The van der Waals surface area contributed by atoms with E-state index in [4.69, 9.17) is 9.84 Å². The molecular formula is C14H20O3. The third-order valence-electron chi connectivity index (χ3n) is 2.94. The molecule has 1 aromatic rings. The summed E-state index contributed by atoms with van der Waals surface area (Å²) in [7, 11) is 0. The van der Waals surface area contributed by atoms with Gasteiger partial charge in [-0.25, -0.2) is 0 Å². The van der Waals surface area contributed by atoms with E-state index in [-0.39, 0.29) is 6.10 Å². The van der Waals surface area contributed by atoms with E-state index in [9.17, 15) is 4.79 Å². The van der Waals surface area contributed by atoms with Crippen molar-refractivity contribution < 1.29 is 14.6 Å². The molecule has 0 spiro atoms. The van der Waals surface area contributed by atoms with Crippen LogP contribution in [0.2, 0.25) is 0 Å². The maximum absolute atomic E-state index is 10.9. The Hall–Kier alpha value is -1.51. The van der Waals surface area contributed by atoms with Crippen molar-refractivity contribution in [3.05, 3.63) is 29.8 Å². The number of aliphatic carboxylic acids is 1. The highest BCUT2D eigenvalue weighted by Crippen LogP contribution is 2.22. The zero-order valence-electron chi connectivity index (χ0n) is 10.6. The Morgan fingerprint density at radius 2 is 2.00 bits per heavy atom. The average Bonchev–Trinajstić information content (AvgIpc) is 2.35. The molecule has 1 unspecified atom stereocenters. The van der Waals surface area contributed by atoms with E-state index in [1.165, 1.54) is 0 Å². The smallest absolute Gasteiger partial charge is 0.310 e. The Morgan fingerprint density at radius 1 is 1.35 bits per heavy atom. The van der Waals surface area contributed by atoms with Crippen LogP contribution in [0, 0.1) is 0 Å². The highest BCUT2D eigenvalue weighted by Gasteiger charge is 2.14. The summed E-state index contributed by atoms with van der Waals surface area (Å²) >= 11 is 0. The van der Waals surface area contributed by atoms with Gasteiger partial charge in [0.05, 0.1) is 12.0 Å². The Bertz CT molecular complexity index is 369. The number of hydrogen-bond donors (Lipinski definition) is 1. The van der Waals surface area contributed by atoms with Gasteiger partial charge in [-0.15, -0.1) is 0 Å². The summed E-state index contributed by atoms with van der Waals surface area (Å²) in [5.74, 6) is -0.561. The number of hydrogen-bond acceptors (Lipinski definition) is 2. The fourth-order valence-electron chi connectivity index (χ4n) is 1.65. The summed E-state index contributed by atoms with van der Waals surface area (Å²) < 4.78 is 5.79. The van der Waals surface area contributed by atoms with Crippen molar-refractivity contribution >= 4 is 5.97 Å². The second kappa shape index (κ2) is 6.28. The molecule has 3 heteroatoms. The minimum Gasteiger partial charge on any atom is -0.490 e. The van der Waals surface area contributed by atoms with Gasteiger partial charge in [-0.3, -0.25) is 4.79 Å². The summed E-state index contributed by atoms with van der Waals surface area (Å²) in [6.07, 6.45) is 2.11. The molecule has 0 bridgehead atoms. The predicted molar refractivity (Wildman–Crippen MR) is 67.5 cm³/mol. The van der Waals surface area contributed by atoms with Gasteiger partial charge >= 0.3 is 5.97 Å². The van der Waals surface area contributed by atoms with Crippen LogP contribution in [0.25, 0.3) is 0 Å². The molecule has 17 heavy (non-hydrogen) atoms. The van der Waals surface area contributed by atoms with Crippen LogP contribution in [0.3, 0.4) is 0 Å². The first-order valence-corrected chi connectivity index (χ1v) is 6.07. The van der Waals surface area contributed by atoms with Gasteiger partial charge in [-0.05, 0) is 37.5 Å². The van der Waals surface area contributed by atoms with Gasteiger partial charge < -0.3 is 9.84 Å². The number of carboxylic acid groups (broad SMARTS) is 1. The van der Waals surface area contributed by atoms with Gasteiger partial charge in [0.15, 0.2) is 0 Å². The zero-order valence-corrected chi connectivity index (χ0v) is 10.6. The van der Waals surface area contributed by atoms with Gasteiger partial charge in [-0.2, -0.15) is 0 Å². The number of carbonyl (C=O) groups is 1. The van der Waals surface area contributed by atoms with Crippen molar-refractivity contribution in [3.63, 3.8) is 0 Å². The first-order valence-electron chi connectivity index (χ1n) is 6.07. The molecular weight excluding hydrogens is 216 g/mol. The molecule has 3 nitrogen and oxygen atoms in total. The van der Waals surface area contributed by atoms with Crippen molar-refractivity contribution in [2.75, 3.05) is 0 Å². The fourth-order valence-corrected chi connectivity index (χ4v) is 1.65. The van der Waals surface area contributed by atoms with Crippen molar-refractivity contribution in [3.8, 4) is 5.75 Å². The van der Waals surface area contributed by atoms with Gasteiger partial charge in [0.1, 0.15) is 5.75 Å². The van der Waals surface area contributed by atoms with Gasteiger partial charge in [-0.1, -0.05) is 26.0 Å². The molecule has 0 heterocycles. The summed E-state index contributed by atoms with van der Waals surface area (Å²) in [6.45, 7) is 5.84. The quantitative estimate of drug-likeness (QED) is 0.823. The Balaban J connectivity index is 2.82. The average molecular weight is 236 g/mol. The third kappa shape index (κ3) is 3.77. The highest BCUT2D eigenvalue weighted by molar-refractivity contribution is 5.75. The fraction of sp³-hybridized carbons (Fsp3) is 0.500. The number of rotatable bonds is 6. The van der Waals surface area contributed by atoms with Crippen LogP contribution in [0.15, 0.2) is 24.3 Å². The van der Waals surface area contributed by atoms with Gasteiger partial charge in [0, 0.05) is 0 Å². The normalized spacial score (nSPS) is 12.5. The van der Waals surface area contributed by atoms with Crippen molar-refractivity contribution in [1.29, 1.82) is 0 Å². The molecule has 0 fully saturated rings. The molecule has 0 saturated heterocycles. The number of ether oxygens (including phenoxy) is 1. The van der Waals surface area contributed by atoms with Gasteiger partial charge in [0.2, 0.25) is 0 Å². The molecule has 0 aliphatic rings. The lowest BCUT2D eigenvalue weighted by molar-refractivity contribution is -0.138. The van der Waals surface area contributed by atoms with Crippen LogP contribution in [0.4, 0.5) is 0 Å². The summed E-state index contributed by atoms with van der Waals surface area (Å²) in [4.78, 5) is 10.9. The van der Waals surface area contributed by atoms with E-state index >= 15 is 0 Å². The topological polar surface area (TPSA) is 46.5 Å². The van der Waals surface area contributed by atoms with Gasteiger partial charge in [0.25, 0.3) is 0 Å². The Kier molecular flexibility index (Phi) is 5.01. The number of carboxylic acids is 1. The van der Waals surface area contributed by atoms with Crippen LogP contribution < -0.4 is 4.74 Å². The highest BCUT2D eigenvalue weighted by atomic mass is 16.5. The van der Waals surface area contributed by atoms with Crippen molar-refractivity contribution in [2.45, 2.75) is 45.6 Å². The summed E-state index contributed by atoms with van der Waals surface area (Å²) in [6, 6.07) is 7.35. The molecule has 1 atom stereocenters. The van der Waals surface area contributed by atoms with E-state index in [1.807, 2.05) is 24.3 Å². The molecule has 0 saturated carbocycles. The minimum atomic E-state index is -0.815. The first kappa shape index (κ1) is 13.6. The third-order valence-corrected chi connectivity index (χ3v) is 2.94. The van der Waals surface area contributed by atoms with E-state index in [1.54, 1.807) is 6.92 Å². The predicted octanol–water partition coefficient (Wildman–Crippen LogP) is 3.44. The molecule has 0 amide bonds. The molecule has 0 aliphatic heterocycles. The van der Waals surface area contributed by atoms with Crippen LogP contribution in [0.5, 0.6) is 5.75 Å². The standard InChI is InChI=1S/C14H20O3/c1-4-12(5-2)17-13-8-6-7-11(9-13)10(3)14(15)16/h6-10,12H,4-5H2,1-3H3,(H,15,16). The Morgan fingerprint density at radius 3 is 2.53 bits per heavy atom. The molecule has 1 rings (SSSR count). The lowest BCUT2D eigenvalue weighted by Gasteiger charge is -2.16. The van der Waals surface area contributed by atoms with E-state index in [0.29, 0.717) is 0 Å². The largest absolute Gasteiger partial charge is 0.490 e. The maximum atomic E-state index is 10.9. The molecule has 0 aromatic heterocycles. The molecule has 0 aliphatic carbocycles. The SMILES string of the molecule is CCC(CC)Oc1cccc(C(C)C(=O)O)c1. The van der Waals surface area contributed by atoms with Crippen LogP contribution in [0.1, 0.15) is 45.1 Å². The second-order valence-electron chi connectivity index (χ2n) is 4.19. The monoisotopic (exact) mass is 236 g/mol. The van der Waals surface area contributed by atoms with Crippen molar-refractivity contribution in [1.82, 2.24) is 0 Å². The lowest BCUT2D eigenvalue weighted by atomic mass is 10.0. The molecule has 1 N–H and O–H groups in total. The molecule has 94 valence electrons. The van der Waals surface area contributed by atoms with Crippen molar-refractivity contribution in [2.24, 2.45) is 0 Å². The first-order chi connectivity index (χ1) is 8.08. The summed E-state index contributed by atoms with van der Waals surface area (Å²) in [5.41, 5.74) is 0.779. The van der Waals surface area contributed by atoms with Crippen LogP contribution in [-0.4, -0.2) is 17.2 Å². The van der Waals surface area contributed by atoms with E-state index in [0.717, 1.165) is 24.2 Å². The second-order valence-corrected chi connectivity index (χ2v) is 4.19. The molecule has 1 aromatic carbocycles. The zero-order chi connectivity index (χ0) is 12.8. The Labute approximate surface area is 102 Å².